The quantitative estimate of drug-likeness (QED) is 0.792. The van der Waals surface area contributed by atoms with E-state index < -0.39 is 23.3 Å². The third-order valence-corrected chi connectivity index (χ3v) is 3.87. The summed E-state index contributed by atoms with van der Waals surface area (Å²) in [7, 11) is 0. The summed E-state index contributed by atoms with van der Waals surface area (Å²) < 4.78 is 5.13. The van der Waals surface area contributed by atoms with Gasteiger partial charge in [0, 0.05) is 18.6 Å². The lowest BCUT2D eigenvalue weighted by molar-refractivity contribution is -0.156. The summed E-state index contributed by atoms with van der Waals surface area (Å²) in [4.78, 5) is 37.2. The monoisotopic (exact) mass is 275 g/mol. The van der Waals surface area contributed by atoms with Gasteiger partial charge < -0.3 is 9.84 Å². The molecule has 2 amide bonds. The van der Waals surface area contributed by atoms with Crippen LogP contribution in [0, 0.1) is 0 Å². The molecule has 1 unspecified atom stereocenters. The van der Waals surface area contributed by atoms with Crippen molar-refractivity contribution in [3.63, 3.8) is 0 Å². The smallest absolute Gasteiger partial charge is 0.332 e. The van der Waals surface area contributed by atoms with Crippen molar-refractivity contribution in [1.82, 2.24) is 4.90 Å². The lowest BCUT2D eigenvalue weighted by Crippen LogP contribution is -2.61. The molecule has 0 aliphatic carbocycles. The third kappa shape index (κ3) is 1.65. The van der Waals surface area contributed by atoms with Gasteiger partial charge in [0.2, 0.25) is 5.91 Å². The Hall–Kier alpha value is -2.21. The van der Waals surface area contributed by atoms with Crippen molar-refractivity contribution in [3.8, 4) is 0 Å². The van der Waals surface area contributed by atoms with Crippen molar-refractivity contribution in [2.24, 2.45) is 0 Å². The summed E-state index contributed by atoms with van der Waals surface area (Å²) in [5.74, 6) is -2.23. The zero-order valence-electron chi connectivity index (χ0n) is 10.7. The van der Waals surface area contributed by atoms with E-state index in [0.717, 1.165) is 4.90 Å². The molecule has 2 aliphatic rings. The van der Waals surface area contributed by atoms with Crippen LogP contribution in [-0.2, 0) is 20.7 Å². The lowest BCUT2D eigenvalue weighted by atomic mass is 9.90. The number of carbonyl (C=O) groups excluding carboxylic acids is 2. The van der Waals surface area contributed by atoms with Crippen molar-refractivity contribution in [2.45, 2.75) is 18.4 Å². The maximum absolute atomic E-state index is 12.5. The Kier molecular flexibility index (Phi) is 2.83. The Morgan fingerprint density at radius 1 is 1.30 bits per heavy atom. The fourth-order valence-electron chi connectivity index (χ4n) is 2.79. The van der Waals surface area contributed by atoms with Crippen LogP contribution in [0.1, 0.15) is 22.3 Å². The van der Waals surface area contributed by atoms with E-state index in [1.165, 1.54) is 0 Å². The maximum Gasteiger partial charge on any atom is 0.332 e. The molecule has 20 heavy (non-hydrogen) atoms. The van der Waals surface area contributed by atoms with E-state index in [0.29, 0.717) is 11.1 Å². The standard InChI is InChI=1S/C14H13NO5/c16-11-7-9-3-1-2-4-10(9)12(17)15(11)14(13(18)19)5-6-20-8-14/h1-4H,5-8H2,(H,18,19). The van der Waals surface area contributed by atoms with Gasteiger partial charge in [-0.2, -0.15) is 0 Å². The average Bonchev–Trinajstić information content (AvgIpc) is 2.89. The summed E-state index contributed by atoms with van der Waals surface area (Å²) in [6.45, 7) is 0.0764. The van der Waals surface area contributed by atoms with Gasteiger partial charge in [0.15, 0.2) is 5.54 Å². The zero-order chi connectivity index (χ0) is 14.3. The predicted octanol–water partition coefficient (Wildman–Crippen LogP) is 0.455. The number of benzene rings is 1. The molecular formula is C14H13NO5. The Morgan fingerprint density at radius 2 is 2.05 bits per heavy atom. The molecule has 0 saturated carbocycles. The topological polar surface area (TPSA) is 83.9 Å². The normalized spacial score (nSPS) is 25.7. The maximum atomic E-state index is 12.5. The molecule has 104 valence electrons. The lowest BCUT2D eigenvalue weighted by Gasteiger charge is -2.37. The highest BCUT2D eigenvalue weighted by Gasteiger charge is 2.54. The number of fused-ring (bicyclic) bond motifs is 1. The highest BCUT2D eigenvalue weighted by Crippen LogP contribution is 2.32. The minimum atomic E-state index is -1.57. The van der Waals surface area contributed by atoms with E-state index in [1.807, 2.05) is 0 Å². The van der Waals surface area contributed by atoms with Crippen molar-refractivity contribution < 1.29 is 24.2 Å². The van der Waals surface area contributed by atoms with Crippen LogP contribution in [-0.4, -0.2) is 46.5 Å². The number of nitrogens with zero attached hydrogens (tertiary/aromatic N) is 1. The fraction of sp³-hybridized carbons (Fsp3) is 0.357. The van der Waals surface area contributed by atoms with Gasteiger partial charge in [-0.15, -0.1) is 0 Å². The van der Waals surface area contributed by atoms with Crippen LogP contribution >= 0.6 is 0 Å². The van der Waals surface area contributed by atoms with Crippen LogP contribution < -0.4 is 0 Å². The first-order valence-corrected chi connectivity index (χ1v) is 6.33. The van der Waals surface area contributed by atoms with E-state index >= 15 is 0 Å². The van der Waals surface area contributed by atoms with E-state index in [-0.39, 0.29) is 26.1 Å². The molecule has 1 N–H and O–H groups in total. The van der Waals surface area contributed by atoms with Gasteiger partial charge in [0.05, 0.1) is 13.0 Å². The fourth-order valence-corrected chi connectivity index (χ4v) is 2.79. The summed E-state index contributed by atoms with van der Waals surface area (Å²) in [5, 5.41) is 9.47. The molecule has 1 aromatic carbocycles. The van der Waals surface area contributed by atoms with Gasteiger partial charge in [-0.25, -0.2) is 4.79 Å². The second-order valence-corrected chi connectivity index (χ2v) is 5.01. The highest BCUT2D eigenvalue weighted by molar-refractivity contribution is 6.12. The van der Waals surface area contributed by atoms with E-state index in [2.05, 4.69) is 0 Å². The van der Waals surface area contributed by atoms with Gasteiger partial charge in [-0.05, 0) is 11.6 Å². The van der Waals surface area contributed by atoms with Crippen LogP contribution in [0.15, 0.2) is 24.3 Å². The van der Waals surface area contributed by atoms with Crippen LogP contribution in [0.2, 0.25) is 0 Å². The molecule has 0 radical (unpaired) electrons. The van der Waals surface area contributed by atoms with Crippen molar-refractivity contribution in [1.29, 1.82) is 0 Å². The number of amides is 2. The summed E-state index contributed by atoms with van der Waals surface area (Å²) in [5.41, 5.74) is -0.542. The Labute approximate surface area is 114 Å². The second kappa shape index (κ2) is 4.42. The first-order valence-electron chi connectivity index (χ1n) is 6.33. The first-order chi connectivity index (χ1) is 9.56. The molecule has 0 aromatic heterocycles. The van der Waals surface area contributed by atoms with Gasteiger partial charge >= 0.3 is 5.97 Å². The molecule has 6 nitrogen and oxygen atoms in total. The third-order valence-electron chi connectivity index (χ3n) is 3.87. The van der Waals surface area contributed by atoms with Crippen LogP contribution in [0.25, 0.3) is 0 Å². The largest absolute Gasteiger partial charge is 0.479 e. The Balaban J connectivity index is 2.09. The number of imide groups is 1. The van der Waals surface area contributed by atoms with E-state index in [9.17, 15) is 19.5 Å². The summed E-state index contributed by atoms with van der Waals surface area (Å²) in [6.07, 6.45) is 0.166. The van der Waals surface area contributed by atoms with Crippen LogP contribution in [0.4, 0.5) is 0 Å². The van der Waals surface area contributed by atoms with E-state index in [1.54, 1.807) is 24.3 Å². The van der Waals surface area contributed by atoms with Crippen molar-refractivity contribution in [2.75, 3.05) is 13.2 Å². The van der Waals surface area contributed by atoms with Crippen LogP contribution in [0.3, 0.4) is 0 Å². The second-order valence-electron chi connectivity index (χ2n) is 5.01. The van der Waals surface area contributed by atoms with Gasteiger partial charge in [-0.1, -0.05) is 18.2 Å². The molecule has 2 aliphatic heterocycles. The minimum absolute atomic E-state index is 0.0386. The summed E-state index contributed by atoms with van der Waals surface area (Å²) >= 11 is 0. The Morgan fingerprint density at radius 3 is 2.70 bits per heavy atom. The van der Waals surface area contributed by atoms with Gasteiger partial charge in [0.25, 0.3) is 5.91 Å². The SMILES string of the molecule is O=C1Cc2ccccc2C(=O)N1C1(C(=O)O)CCOC1. The number of carboxylic acid groups (broad SMARTS) is 1. The van der Waals surface area contributed by atoms with Gasteiger partial charge in [-0.3, -0.25) is 14.5 Å². The molecule has 1 atom stereocenters. The Bertz CT molecular complexity index is 603. The molecule has 3 rings (SSSR count). The predicted molar refractivity (Wildman–Crippen MR) is 67.1 cm³/mol. The minimum Gasteiger partial charge on any atom is -0.479 e. The molecule has 1 fully saturated rings. The van der Waals surface area contributed by atoms with E-state index in [4.69, 9.17) is 4.74 Å². The van der Waals surface area contributed by atoms with Crippen molar-refractivity contribution >= 4 is 17.8 Å². The zero-order valence-corrected chi connectivity index (χ0v) is 10.7. The molecule has 1 aromatic rings. The van der Waals surface area contributed by atoms with Gasteiger partial charge in [0.1, 0.15) is 0 Å². The number of hydrogen-bond donors (Lipinski definition) is 1. The molecule has 2 heterocycles. The number of aliphatic carboxylic acids is 1. The van der Waals surface area contributed by atoms with Crippen molar-refractivity contribution in [3.05, 3.63) is 35.4 Å². The molecule has 0 bridgehead atoms. The average molecular weight is 275 g/mol. The first kappa shape index (κ1) is 12.8. The number of carboxylic acids is 1. The molecule has 0 spiro atoms. The van der Waals surface area contributed by atoms with Crippen LogP contribution in [0.5, 0.6) is 0 Å². The molecule has 1 saturated heterocycles. The number of hydrogen-bond acceptors (Lipinski definition) is 4. The number of carbonyl (C=O) groups is 3. The summed E-state index contributed by atoms with van der Waals surface area (Å²) in [6, 6.07) is 6.77. The number of ether oxygens (including phenoxy) is 1. The number of rotatable bonds is 2. The highest BCUT2D eigenvalue weighted by atomic mass is 16.5. The molecular weight excluding hydrogens is 262 g/mol. The molecule has 6 heteroatoms.